The second kappa shape index (κ2) is 3.49. The topological polar surface area (TPSA) is 78.3 Å². The largest absolute Gasteiger partial charge is 0.410 e. The molecule has 1 aromatic carbocycles. The molecular weight excluding hydrogens is 199 g/mol. The van der Waals surface area contributed by atoms with E-state index in [1.807, 2.05) is 0 Å². The molecule has 1 amide bonds. The minimum absolute atomic E-state index is 0.0955. The van der Waals surface area contributed by atoms with Gasteiger partial charge >= 0.3 is 6.09 Å². The van der Waals surface area contributed by atoms with E-state index < -0.39 is 11.9 Å². The molecule has 0 saturated heterocycles. The van der Waals surface area contributed by atoms with Crippen LogP contribution in [0, 0.1) is 5.82 Å². The van der Waals surface area contributed by atoms with Crippen molar-refractivity contribution in [2.24, 2.45) is 5.73 Å². The highest BCUT2D eigenvalue weighted by Gasteiger charge is 2.10. The average Bonchev–Trinajstić information content (AvgIpc) is 1.98. The van der Waals surface area contributed by atoms with E-state index in [4.69, 9.17) is 23.1 Å². The second-order valence-electron chi connectivity index (χ2n) is 2.24. The monoisotopic (exact) mass is 204 g/mol. The Hall–Kier alpha value is -1.49. The van der Waals surface area contributed by atoms with Gasteiger partial charge in [-0.2, -0.15) is 0 Å². The van der Waals surface area contributed by atoms with Crippen LogP contribution >= 0.6 is 11.6 Å². The summed E-state index contributed by atoms with van der Waals surface area (Å²) in [5.41, 5.74) is 10.1. The van der Waals surface area contributed by atoms with Crippen molar-refractivity contribution in [3.63, 3.8) is 0 Å². The highest BCUT2D eigenvalue weighted by atomic mass is 35.5. The smallest absolute Gasteiger partial charge is 0.409 e. The quantitative estimate of drug-likeness (QED) is 0.681. The minimum Gasteiger partial charge on any atom is -0.409 e. The lowest BCUT2D eigenvalue weighted by Gasteiger charge is -2.04. The van der Waals surface area contributed by atoms with Crippen molar-refractivity contribution in [3.05, 3.63) is 23.0 Å². The molecule has 0 bridgehead atoms. The van der Waals surface area contributed by atoms with Gasteiger partial charge in [0.05, 0.1) is 0 Å². The number of halogens is 2. The number of amides is 1. The number of carbonyl (C=O) groups is 1. The first-order valence-electron chi connectivity index (χ1n) is 3.22. The van der Waals surface area contributed by atoms with Crippen LogP contribution in [0.3, 0.4) is 0 Å². The van der Waals surface area contributed by atoms with E-state index in [2.05, 4.69) is 4.74 Å². The number of benzene rings is 1. The predicted molar refractivity (Wildman–Crippen MR) is 46.0 cm³/mol. The Morgan fingerprint density at radius 3 is 2.69 bits per heavy atom. The van der Waals surface area contributed by atoms with Gasteiger partial charge in [-0.15, -0.1) is 0 Å². The Morgan fingerprint density at radius 1 is 1.54 bits per heavy atom. The second-order valence-corrected chi connectivity index (χ2v) is 2.61. The molecule has 13 heavy (non-hydrogen) atoms. The molecule has 0 spiro atoms. The van der Waals surface area contributed by atoms with Crippen molar-refractivity contribution < 1.29 is 13.9 Å². The molecule has 0 aliphatic heterocycles. The van der Waals surface area contributed by atoms with Crippen molar-refractivity contribution in [1.82, 2.24) is 0 Å². The third-order valence-electron chi connectivity index (χ3n) is 1.23. The molecule has 0 atom stereocenters. The fraction of sp³-hybridized carbons (Fsp3) is 0. The number of rotatable bonds is 1. The molecule has 0 radical (unpaired) electrons. The molecule has 0 unspecified atom stereocenters. The van der Waals surface area contributed by atoms with Crippen LogP contribution in [0.5, 0.6) is 5.75 Å². The Labute approximate surface area is 78.2 Å². The van der Waals surface area contributed by atoms with Gasteiger partial charge in [-0.3, -0.25) is 0 Å². The molecule has 0 heterocycles. The molecular formula is C7H6ClFN2O2. The molecule has 70 valence electrons. The molecule has 0 fully saturated rings. The Kier molecular flexibility index (Phi) is 2.57. The van der Waals surface area contributed by atoms with Crippen LogP contribution in [-0.2, 0) is 0 Å². The summed E-state index contributed by atoms with van der Waals surface area (Å²) in [7, 11) is 0. The third kappa shape index (κ3) is 2.22. The first-order chi connectivity index (χ1) is 6.00. The van der Waals surface area contributed by atoms with E-state index in [-0.39, 0.29) is 16.5 Å². The van der Waals surface area contributed by atoms with Crippen molar-refractivity contribution >= 4 is 23.4 Å². The molecule has 0 aliphatic carbocycles. The zero-order valence-electron chi connectivity index (χ0n) is 6.38. The zero-order chi connectivity index (χ0) is 10.0. The van der Waals surface area contributed by atoms with Crippen molar-refractivity contribution in [2.75, 3.05) is 5.73 Å². The van der Waals surface area contributed by atoms with E-state index in [9.17, 15) is 9.18 Å². The fourth-order valence-electron chi connectivity index (χ4n) is 0.766. The summed E-state index contributed by atoms with van der Waals surface area (Å²) in [6.45, 7) is 0. The SMILES string of the molecule is NC(=O)Oc1cc(N)cc(F)c1Cl. The van der Waals surface area contributed by atoms with E-state index >= 15 is 0 Å². The predicted octanol–water partition coefficient (Wildman–Crippen LogP) is 1.52. The zero-order valence-corrected chi connectivity index (χ0v) is 7.14. The Morgan fingerprint density at radius 2 is 2.15 bits per heavy atom. The number of ether oxygens (including phenoxy) is 1. The first kappa shape index (κ1) is 9.60. The van der Waals surface area contributed by atoms with Gasteiger partial charge in [0.15, 0.2) is 5.75 Å². The Bertz CT molecular complexity index is 357. The highest BCUT2D eigenvalue weighted by molar-refractivity contribution is 6.32. The summed E-state index contributed by atoms with van der Waals surface area (Å²) < 4.78 is 17.2. The van der Waals surface area contributed by atoms with Crippen molar-refractivity contribution in [3.8, 4) is 5.75 Å². The number of nitrogens with two attached hydrogens (primary N) is 2. The standard InChI is InChI=1S/C7H6ClFN2O2/c8-6-4(9)1-3(10)2-5(6)13-7(11)12/h1-2H,10H2,(H2,11,12). The lowest BCUT2D eigenvalue weighted by Crippen LogP contribution is -2.16. The van der Waals surface area contributed by atoms with Gasteiger partial charge in [-0.1, -0.05) is 11.6 Å². The lowest BCUT2D eigenvalue weighted by molar-refractivity contribution is 0.211. The maximum atomic E-state index is 12.8. The normalized spacial score (nSPS) is 9.69. The van der Waals surface area contributed by atoms with Gasteiger partial charge < -0.3 is 16.2 Å². The molecule has 0 aliphatic rings. The van der Waals surface area contributed by atoms with Crippen LogP contribution in [-0.4, -0.2) is 6.09 Å². The molecule has 1 rings (SSSR count). The van der Waals surface area contributed by atoms with Crippen LogP contribution in [0.4, 0.5) is 14.9 Å². The molecule has 1 aromatic rings. The highest BCUT2D eigenvalue weighted by Crippen LogP contribution is 2.29. The van der Waals surface area contributed by atoms with Gasteiger partial charge in [-0.25, -0.2) is 9.18 Å². The van der Waals surface area contributed by atoms with E-state index in [0.717, 1.165) is 6.07 Å². The molecule has 4 nitrogen and oxygen atoms in total. The number of primary amides is 1. The van der Waals surface area contributed by atoms with Gasteiger partial charge in [0, 0.05) is 11.8 Å². The van der Waals surface area contributed by atoms with Crippen LogP contribution < -0.4 is 16.2 Å². The number of hydrogen-bond acceptors (Lipinski definition) is 3. The summed E-state index contributed by atoms with van der Waals surface area (Å²) in [4.78, 5) is 10.3. The van der Waals surface area contributed by atoms with Crippen LogP contribution in [0.2, 0.25) is 5.02 Å². The molecule has 4 N–H and O–H groups in total. The van der Waals surface area contributed by atoms with Crippen LogP contribution in [0.1, 0.15) is 0 Å². The summed E-state index contributed by atoms with van der Waals surface area (Å²) >= 11 is 5.45. The Balaban J connectivity index is 3.12. The fourth-order valence-corrected chi connectivity index (χ4v) is 0.914. The van der Waals surface area contributed by atoms with Crippen molar-refractivity contribution in [1.29, 1.82) is 0 Å². The number of hydrogen-bond donors (Lipinski definition) is 2. The minimum atomic E-state index is -1.08. The van der Waals surface area contributed by atoms with Crippen LogP contribution in [0.25, 0.3) is 0 Å². The van der Waals surface area contributed by atoms with Gasteiger partial charge in [0.25, 0.3) is 0 Å². The van der Waals surface area contributed by atoms with Crippen LogP contribution in [0.15, 0.2) is 12.1 Å². The maximum Gasteiger partial charge on any atom is 0.410 e. The summed E-state index contributed by atoms with van der Waals surface area (Å²) in [6.07, 6.45) is -1.08. The number of carbonyl (C=O) groups excluding carboxylic acids is 1. The maximum absolute atomic E-state index is 12.8. The van der Waals surface area contributed by atoms with E-state index in [0.29, 0.717) is 0 Å². The van der Waals surface area contributed by atoms with Crippen molar-refractivity contribution in [2.45, 2.75) is 0 Å². The summed E-state index contributed by atoms with van der Waals surface area (Å²) in [5.74, 6) is -0.954. The van der Waals surface area contributed by atoms with Gasteiger partial charge in [0.1, 0.15) is 10.8 Å². The molecule has 0 saturated carbocycles. The number of anilines is 1. The van der Waals surface area contributed by atoms with E-state index in [1.54, 1.807) is 0 Å². The lowest BCUT2D eigenvalue weighted by atomic mass is 10.3. The van der Waals surface area contributed by atoms with Gasteiger partial charge in [-0.05, 0) is 6.07 Å². The first-order valence-corrected chi connectivity index (χ1v) is 3.60. The molecule has 6 heteroatoms. The summed E-state index contributed by atoms with van der Waals surface area (Å²) in [5, 5.41) is -0.326. The van der Waals surface area contributed by atoms with E-state index in [1.165, 1.54) is 6.07 Å². The summed E-state index contributed by atoms with van der Waals surface area (Å²) in [6, 6.07) is 2.21. The third-order valence-corrected chi connectivity index (χ3v) is 1.59. The molecule has 0 aromatic heterocycles. The van der Waals surface area contributed by atoms with Gasteiger partial charge in [0.2, 0.25) is 0 Å². The average molecular weight is 205 g/mol. The number of nitrogen functional groups attached to an aromatic ring is 1.